The number of carbonyl (C=O) groups excluding carboxylic acids is 1. The predicted octanol–water partition coefficient (Wildman–Crippen LogP) is 2.82. The second-order valence-corrected chi connectivity index (χ2v) is 7.44. The molecule has 1 aromatic rings. The molecule has 4 nitrogen and oxygen atoms in total. The zero-order valence-electron chi connectivity index (χ0n) is 14.9. The zero-order valence-corrected chi connectivity index (χ0v) is 14.9. The van der Waals surface area contributed by atoms with Gasteiger partial charge in [0.15, 0.2) is 6.61 Å². The van der Waals surface area contributed by atoms with Crippen LogP contribution in [0.15, 0.2) is 24.3 Å². The molecule has 1 aromatic carbocycles. The van der Waals surface area contributed by atoms with Crippen molar-refractivity contribution in [2.24, 2.45) is 5.92 Å². The third-order valence-electron chi connectivity index (χ3n) is 4.41. The number of hydrogen-bond donors (Lipinski definition) is 1. The number of piperidine rings is 1. The maximum Gasteiger partial charge on any atom is 0.260 e. The van der Waals surface area contributed by atoms with Crippen molar-refractivity contribution in [3.8, 4) is 5.75 Å². The van der Waals surface area contributed by atoms with Gasteiger partial charge in [-0.05, 0) is 49.4 Å². The van der Waals surface area contributed by atoms with E-state index in [4.69, 9.17) is 4.74 Å². The highest BCUT2D eigenvalue weighted by atomic mass is 16.5. The van der Waals surface area contributed by atoms with Gasteiger partial charge in [0.05, 0.1) is 0 Å². The van der Waals surface area contributed by atoms with E-state index in [9.17, 15) is 4.79 Å². The molecular weight excluding hydrogens is 288 g/mol. The summed E-state index contributed by atoms with van der Waals surface area (Å²) in [6.45, 7) is 9.25. The monoisotopic (exact) mass is 318 g/mol. The fourth-order valence-electron chi connectivity index (χ4n) is 3.19. The standard InChI is InChI=1S/C19H30N2O2/c1-19(2,3)16-9-5-6-10-17(16)23-14-18(22)21-11-7-8-15(13-21)12-20-4/h5-6,9-10,15,20H,7-8,11-14H2,1-4H3. The number of likely N-dealkylation sites (tertiary alicyclic amines) is 1. The lowest BCUT2D eigenvalue weighted by Crippen LogP contribution is -2.44. The van der Waals surface area contributed by atoms with Crippen LogP contribution < -0.4 is 10.1 Å². The van der Waals surface area contributed by atoms with Crippen LogP contribution in [0.1, 0.15) is 39.2 Å². The number of para-hydroxylation sites is 1. The first-order valence-electron chi connectivity index (χ1n) is 8.56. The minimum absolute atomic E-state index is 0.00263. The summed E-state index contributed by atoms with van der Waals surface area (Å²) in [7, 11) is 1.97. The van der Waals surface area contributed by atoms with E-state index in [2.05, 4.69) is 32.2 Å². The molecule has 1 heterocycles. The topological polar surface area (TPSA) is 41.6 Å². The molecule has 1 saturated heterocycles. The summed E-state index contributed by atoms with van der Waals surface area (Å²) in [6, 6.07) is 8.00. The van der Waals surface area contributed by atoms with Crippen LogP contribution in [-0.2, 0) is 10.2 Å². The number of hydrogen-bond acceptors (Lipinski definition) is 3. The van der Waals surface area contributed by atoms with Crippen molar-refractivity contribution in [3.63, 3.8) is 0 Å². The van der Waals surface area contributed by atoms with Gasteiger partial charge >= 0.3 is 0 Å². The Hall–Kier alpha value is -1.55. The first kappa shape index (κ1) is 17.8. The van der Waals surface area contributed by atoms with Crippen molar-refractivity contribution >= 4 is 5.91 Å². The molecule has 128 valence electrons. The van der Waals surface area contributed by atoms with Crippen LogP contribution in [0.5, 0.6) is 5.75 Å². The minimum Gasteiger partial charge on any atom is -0.483 e. The third kappa shape index (κ3) is 4.96. The molecule has 0 spiro atoms. The van der Waals surface area contributed by atoms with Crippen molar-refractivity contribution in [3.05, 3.63) is 29.8 Å². The van der Waals surface area contributed by atoms with Crippen molar-refractivity contribution in [1.29, 1.82) is 0 Å². The largest absolute Gasteiger partial charge is 0.483 e. The molecule has 1 unspecified atom stereocenters. The van der Waals surface area contributed by atoms with E-state index >= 15 is 0 Å². The normalized spacial score (nSPS) is 18.8. The van der Waals surface area contributed by atoms with Crippen LogP contribution in [0.3, 0.4) is 0 Å². The molecule has 1 N–H and O–H groups in total. The molecule has 0 saturated carbocycles. The lowest BCUT2D eigenvalue weighted by Gasteiger charge is -2.33. The van der Waals surface area contributed by atoms with Gasteiger partial charge in [-0.3, -0.25) is 4.79 Å². The Bertz CT molecular complexity index is 520. The maximum absolute atomic E-state index is 12.5. The molecule has 0 aliphatic carbocycles. The molecule has 0 radical (unpaired) electrons. The molecule has 23 heavy (non-hydrogen) atoms. The van der Waals surface area contributed by atoms with Crippen LogP contribution in [0.4, 0.5) is 0 Å². The van der Waals surface area contributed by atoms with E-state index in [1.165, 1.54) is 6.42 Å². The molecule has 4 heteroatoms. The van der Waals surface area contributed by atoms with E-state index < -0.39 is 0 Å². The minimum atomic E-state index is 0.00263. The van der Waals surface area contributed by atoms with Crippen molar-refractivity contribution in [2.75, 3.05) is 33.3 Å². The third-order valence-corrected chi connectivity index (χ3v) is 4.41. The summed E-state index contributed by atoms with van der Waals surface area (Å²) in [4.78, 5) is 14.4. The Kier molecular flexibility index (Phi) is 6.05. The van der Waals surface area contributed by atoms with Crippen molar-refractivity contribution < 1.29 is 9.53 Å². The SMILES string of the molecule is CNCC1CCCN(C(=O)COc2ccccc2C(C)(C)C)C1. The molecule has 1 amide bonds. The maximum atomic E-state index is 12.5. The highest BCUT2D eigenvalue weighted by Crippen LogP contribution is 2.31. The van der Waals surface area contributed by atoms with Gasteiger partial charge in [-0.2, -0.15) is 0 Å². The Balaban J connectivity index is 1.95. The summed E-state index contributed by atoms with van der Waals surface area (Å²) < 4.78 is 5.87. The Morgan fingerprint density at radius 1 is 1.35 bits per heavy atom. The number of carbonyl (C=O) groups is 1. The number of rotatable bonds is 5. The molecule has 0 bridgehead atoms. The van der Waals surface area contributed by atoms with E-state index in [-0.39, 0.29) is 17.9 Å². The summed E-state index contributed by atoms with van der Waals surface area (Å²) in [6.07, 6.45) is 2.27. The van der Waals surface area contributed by atoms with Crippen LogP contribution in [0, 0.1) is 5.92 Å². The predicted molar refractivity (Wildman–Crippen MR) is 93.9 cm³/mol. The molecule has 0 aromatic heterocycles. The van der Waals surface area contributed by atoms with Crippen molar-refractivity contribution in [1.82, 2.24) is 10.2 Å². The van der Waals surface area contributed by atoms with Crippen LogP contribution in [-0.4, -0.2) is 44.1 Å². The number of nitrogens with one attached hydrogen (secondary N) is 1. The smallest absolute Gasteiger partial charge is 0.260 e. The fraction of sp³-hybridized carbons (Fsp3) is 0.632. The molecule has 1 aliphatic heterocycles. The molecule has 2 rings (SSSR count). The van der Waals surface area contributed by atoms with Crippen LogP contribution in [0.25, 0.3) is 0 Å². The highest BCUT2D eigenvalue weighted by molar-refractivity contribution is 5.78. The Labute approximate surface area is 140 Å². The summed E-state index contributed by atoms with van der Waals surface area (Å²) in [5.41, 5.74) is 1.14. The molecule has 1 aliphatic rings. The summed E-state index contributed by atoms with van der Waals surface area (Å²) in [5, 5.41) is 3.21. The van der Waals surface area contributed by atoms with Gasteiger partial charge < -0.3 is 15.0 Å². The van der Waals surface area contributed by atoms with Crippen LogP contribution in [0.2, 0.25) is 0 Å². The first-order valence-corrected chi connectivity index (χ1v) is 8.56. The molecular formula is C19H30N2O2. The van der Waals surface area contributed by atoms with E-state index in [1.54, 1.807) is 0 Å². The second-order valence-electron chi connectivity index (χ2n) is 7.44. The number of benzene rings is 1. The number of nitrogens with zero attached hydrogens (tertiary/aromatic N) is 1. The second kappa shape index (κ2) is 7.82. The van der Waals surface area contributed by atoms with Gasteiger partial charge in [0.2, 0.25) is 0 Å². The van der Waals surface area contributed by atoms with E-state index in [0.29, 0.717) is 5.92 Å². The van der Waals surface area contributed by atoms with Gasteiger partial charge in [-0.25, -0.2) is 0 Å². The Morgan fingerprint density at radius 3 is 2.78 bits per heavy atom. The van der Waals surface area contributed by atoms with Crippen LogP contribution >= 0.6 is 0 Å². The average molecular weight is 318 g/mol. The fourth-order valence-corrected chi connectivity index (χ4v) is 3.19. The van der Waals surface area contributed by atoms with Gasteiger partial charge in [-0.1, -0.05) is 39.0 Å². The lowest BCUT2D eigenvalue weighted by atomic mass is 9.86. The van der Waals surface area contributed by atoms with Gasteiger partial charge in [0.25, 0.3) is 5.91 Å². The lowest BCUT2D eigenvalue weighted by molar-refractivity contribution is -0.135. The van der Waals surface area contributed by atoms with Crippen molar-refractivity contribution in [2.45, 2.75) is 39.0 Å². The average Bonchev–Trinajstić information content (AvgIpc) is 2.52. The van der Waals surface area contributed by atoms with Gasteiger partial charge in [-0.15, -0.1) is 0 Å². The van der Waals surface area contributed by atoms with Gasteiger partial charge in [0.1, 0.15) is 5.75 Å². The highest BCUT2D eigenvalue weighted by Gasteiger charge is 2.24. The zero-order chi connectivity index (χ0) is 16.9. The quantitative estimate of drug-likeness (QED) is 0.908. The molecule has 1 atom stereocenters. The summed E-state index contributed by atoms with van der Waals surface area (Å²) in [5.74, 6) is 1.46. The van der Waals surface area contributed by atoms with Gasteiger partial charge in [0, 0.05) is 13.1 Å². The molecule has 1 fully saturated rings. The van der Waals surface area contributed by atoms with E-state index in [0.717, 1.165) is 37.4 Å². The van der Waals surface area contributed by atoms with E-state index in [1.807, 2.05) is 30.1 Å². The number of ether oxygens (including phenoxy) is 1. The first-order chi connectivity index (χ1) is 10.9. The Morgan fingerprint density at radius 2 is 2.09 bits per heavy atom. The summed E-state index contributed by atoms with van der Waals surface area (Å²) >= 11 is 0. The number of amides is 1.